The number of hydrogen-bond acceptors (Lipinski definition) is 7. The number of carbonyl (C=O) groups excluding carboxylic acids is 1. The number of aliphatic hydroxyl groups excluding tert-OH is 1. The lowest BCUT2D eigenvalue weighted by Crippen LogP contribution is -2.44. The van der Waals surface area contributed by atoms with Crippen LogP contribution in [0.15, 0.2) is 114 Å². The predicted octanol–water partition coefficient (Wildman–Crippen LogP) is 5.23. The number of methoxy groups -OCH3 is 1. The van der Waals surface area contributed by atoms with Crippen LogP contribution in [0.5, 0.6) is 5.75 Å². The third kappa shape index (κ3) is 6.29. The summed E-state index contributed by atoms with van der Waals surface area (Å²) in [5.41, 5.74) is 1.91. The number of pyridine rings is 1. The van der Waals surface area contributed by atoms with E-state index in [4.69, 9.17) is 16.3 Å². The third-order valence-electron chi connectivity index (χ3n) is 8.80. The van der Waals surface area contributed by atoms with Crippen LogP contribution in [0.2, 0.25) is 5.02 Å². The molecule has 0 bridgehead atoms. The summed E-state index contributed by atoms with van der Waals surface area (Å²) in [7, 11) is 1.45. The summed E-state index contributed by atoms with van der Waals surface area (Å²) in [6.07, 6.45) is 7.82. The maximum Gasteiger partial charge on any atom is 0.297 e. The summed E-state index contributed by atoms with van der Waals surface area (Å²) in [4.78, 5) is 28.5. The lowest BCUT2D eigenvalue weighted by atomic mass is 9.83. The Balaban J connectivity index is 1.18. The van der Waals surface area contributed by atoms with Crippen LogP contribution in [-0.2, 0) is 23.5 Å². The summed E-state index contributed by atoms with van der Waals surface area (Å²) in [5.74, 6) is -1.09. The number of fused-ring (bicyclic) bond motifs is 1. The van der Waals surface area contributed by atoms with Crippen LogP contribution in [0, 0.1) is 5.92 Å². The molecule has 0 saturated carbocycles. The standard InChI is InChI=1S/C37H36ClN5O5/c1-25(10-6-7-18-41-23-32(39-40-41)30(24-44)27-12-4-3-5-13-27)37(47)31-21-28(38)16-17-33(31)43(36(37)46)22-26-11-8-14-29(20-26)42-19-9-15-34(48-2)35(42)45/h3-6,8-17,19-21,23,25,30,44,47H,7,18,22,24H2,1-2H3/b10-6+/t25-,30?,37+/m0/s1. The molecule has 1 unspecified atom stereocenters. The Kier molecular flexibility index (Phi) is 9.58. The number of amides is 1. The van der Waals surface area contributed by atoms with Crippen molar-refractivity contribution in [3.63, 3.8) is 0 Å². The van der Waals surface area contributed by atoms with E-state index < -0.39 is 17.4 Å². The molecule has 10 nitrogen and oxygen atoms in total. The van der Waals surface area contributed by atoms with E-state index in [-0.39, 0.29) is 30.4 Å². The molecule has 48 heavy (non-hydrogen) atoms. The number of aliphatic hydroxyl groups is 2. The number of allylic oxidation sites excluding steroid dienone is 1. The minimum absolute atomic E-state index is 0.0804. The van der Waals surface area contributed by atoms with Gasteiger partial charge in [-0.1, -0.05) is 78.4 Å². The SMILES string of the molecule is COc1cccn(-c2cccc(CN3C(=O)[C@@](O)([C@@H](C)/C=C/CCn4cc(C(CO)c5ccccc5)nn4)c4cc(Cl)ccc43)c2)c1=O. The van der Waals surface area contributed by atoms with Gasteiger partial charge in [-0.25, -0.2) is 0 Å². The highest BCUT2D eigenvalue weighted by molar-refractivity contribution is 6.31. The number of ether oxygens (including phenoxy) is 1. The lowest BCUT2D eigenvalue weighted by Gasteiger charge is -2.28. The smallest absolute Gasteiger partial charge is 0.297 e. The Labute approximate surface area is 283 Å². The zero-order valence-electron chi connectivity index (χ0n) is 26.6. The van der Waals surface area contributed by atoms with Crippen molar-refractivity contribution in [2.45, 2.75) is 38.0 Å². The first-order valence-electron chi connectivity index (χ1n) is 15.7. The number of aryl methyl sites for hydroxylation is 1. The molecule has 3 heterocycles. The Morgan fingerprint density at radius 3 is 2.60 bits per heavy atom. The van der Waals surface area contributed by atoms with E-state index in [1.54, 1.807) is 59.1 Å². The molecule has 5 aromatic rings. The highest BCUT2D eigenvalue weighted by atomic mass is 35.5. The quantitative estimate of drug-likeness (QED) is 0.175. The number of nitrogens with zero attached hydrogens (tertiary/aromatic N) is 5. The number of benzene rings is 3. The second-order valence-electron chi connectivity index (χ2n) is 11.8. The van der Waals surface area contributed by atoms with Crippen molar-refractivity contribution in [3.05, 3.63) is 147 Å². The van der Waals surface area contributed by atoms with Crippen LogP contribution >= 0.6 is 11.6 Å². The van der Waals surface area contributed by atoms with E-state index in [1.165, 1.54) is 11.7 Å². The van der Waals surface area contributed by atoms with E-state index in [0.717, 1.165) is 11.1 Å². The molecule has 1 aliphatic rings. The highest BCUT2D eigenvalue weighted by Crippen LogP contribution is 2.46. The molecular formula is C37H36ClN5O5. The van der Waals surface area contributed by atoms with Gasteiger partial charge in [0.1, 0.15) is 0 Å². The van der Waals surface area contributed by atoms with Gasteiger partial charge in [0.25, 0.3) is 11.5 Å². The van der Waals surface area contributed by atoms with Gasteiger partial charge in [-0.3, -0.25) is 18.8 Å². The summed E-state index contributed by atoms with van der Waals surface area (Å²) in [6.45, 7) is 2.42. The van der Waals surface area contributed by atoms with Gasteiger partial charge in [0.05, 0.1) is 37.6 Å². The van der Waals surface area contributed by atoms with Crippen molar-refractivity contribution in [1.82, 2.24) is 19.6 Å². The molecule has 6 rings (SSSR count). The fourth-order valence-electron chi connectivity index (χ4n) is 6.18. The molecule has 1 amide bonds. The van der Waals surface area contributed by atoms with Gasteiger partial charge in [0.15, 0.2) is 11.4 Å². The Morgan fingerprint density at radius 2 is 1.83 bits per heavy atom. The van der Waals surface area contributed by atoms with Gasteiger partial charge in [-0.15, -0.1) is 5.10 Å². The molecule has 0 saturated heterocycles. The first-order valence-corrected chi connectivity index (χ1v) is 16.0. The first-order chi connectivity index (χ1) is 23.2. The number of hydrogen-bond donors (Lipinski definition) is 2. The van der Waals surface area contributed by atoms with Gasteiger partial charge in [0, 0.05) is 41.1 Å². The number of aromatic nitrogens is 4. The second kappa shape index (κ2) is 14.0. The predicted molar refractivity (Wildman–Crippen MR) is 183 cm³/mol. The monoisotopic (exact) mass is 665 g/mol. The van der Waals surface area contributed by atoms with Crippen LogP contribution in [0.3, 0.4) is 0 Å². The lowest BCUT2D eigenvalue weighted by molar-refractivity contribution is -0.139. The number of halogens is 1. The topological polar surface area (TPSA) is 123 Å². The summed E-state index contributed by atoms with van der Waals surface area (Å²) in [6, 6.07) is 25.4. The summed E-state index contributed by atoms with van der Waals surface area (Å²) < 4.78 is 8.40. The van der Waals surface area contributed by atoms with Gasteiger partial charge in [-0.2, -0.15) is 0 Å². The van der Waals surface area contributed by atoms with E-state index in [0.29, 0.717) is 40.6 Å². The van der Waals surface area contributed by atoms with Gasteiger partial charge in [-0.05, 0) is 60.0 Å². The van der Waals surface area contributed by atoms with Crippen molar-refractivity contribution in [3.8, 4) is 11.4 Å². The second-order valence-corrected chi connectivity index (χ2v) is 12.2. The molecule has 1 aliphatic heterocycles. The van der Waals surface area contributed by atoms with Crippen molar-refractivity contribution in [2.24, 2.45) is 5.92 Å². The number of carbonyl (C=O) groups is 1. The van der Waals surface area contributed by atoms with Crippen LogP contribution < -0.4 is 15.2 Å². The molecule has 3 aromatic carbocycles. The largest absolute Gasteiger partial charge is 0.491 e. The first kappa shape index (κ1) is 32.9. The fourth-order valence-corrected chi connectivity index (χ4v) is 6.35. The molecule has 0 radical (unpaired) electrons. The van der Waals surface area contributed by atoms with Crippen molar-refractivity contribution >= 4 is 23.2 Å². The maximum atomic E-state index is 14.1. The molecule has 2 aromatic heterocycles. The Bertz CT molecular complexity index is 2010. The minimum atomic E-state index is -1.84. The zero-order valence-corrected chi connectivity index (χ0v) is 27.4. The molecule has 0 fully saturated rings. The van der Waals surface area contributed by atoms with Gasteiger partial charge >= 0.3 is 0 Å². The highest BCUT2D eigenvalue weighted by Gasteiger charge is 2.52. The zero-order chi connectivity index (χ0) is 33.8. The number of rotatable bonds is 12. The molecule has 3 atom stereocenters. The van der Waals surface area contributed by atoms with Gasteiger partial charge in [0.2, 0.25) is 0 Å². The maximum absolute atomic E-state index is 14.1. The molecular weight excluding hydrogens is 630 g/mol. The fraction of sp³-hybridized carbons (Fsp3) is 0.243. The van der Waals surface area contributed by atoms with Crippen LogP contribution in [-0.4, -0.2) is 49.4 Å². The van der Waals surface area contributed by atoms with Gasteiger partial charge < -0.3 is 19.8 Å². The van der Waals surface area contributed by atoms with E-state index in [2.05, 4.69) is 10.3 Å². The average molecular weight is 666 g/mol. The van der Waals surface area contributed by atoms with E-state index in [1.807, 2.05) is 66.9 Å². The summed E-state index contributed by atoms with van der Waals surface area (Å²) in [5, 5.41) is 31.0. The molecule has 0 aliphatic carbocycles. The Hall–Kier alpha value is -5.03. The van der Waals surface area contributed by atoms with Crippen molar-refractivity contribution < 1.29 is 19.7 Å². The van der Waals surface area contributed by atoms with E-state index >= 15 is 0 Å². The van der Waals surface area contributed by atoms with E-state index in [9.17, 15) is 19.8 Å². The van der Waals surface area contributed by atoms with Crippen molar-refractivity contribution in [2.75, 3.05) is 18.6 Å². The molecule has 246 valence electrons. The Morgan fingerprint density at radius 1 is 1.02 bits per heavy atom. The molecule has 0 spiro atoms. The summed E-state index contributed by atoms with van der Waals surface area (Å²) >= 11 is 6.37. The third-order valence-corrected chi connectivity index (χ3v) is 9.03. The van der Waals surface area contributed by atoms with Crippen LogP contribution in [0.4, 0.5) is 5.69 Å². The van der Waals surface area contributed by atoms with Crippen LogP contribution in [0.1, 0.15) is 41.6 Å². The molecule has 11 heteroatoms. The average Bonchev–Trinajstić information content (AvgIpc) is 3.65. The normalized spacial score (nSPS) is 17.1. The molecule has 2 N–H and O–H groups in total. The minimum Gasteiger partial charge on any atom is -0.491 e. The number of anilines is 1. The van der Waals surface area contributed by atoms with Crippen molar-refractivity contribution in [1.29, 1.82) is 0 Å². The van der Waals surface area contributed by atoms with Crippen LogP contribution in [0.25, 0.3) is 5.69 Å².